The molecular weight excluding hydrogens is 234 g/mol. The van der Waals surface area contributed by atoms with E-state index in [1.54, 1.807) is 0 Å². The summed E-state index contributed by atoms with van der Waals surface area (Å²) in [6.45, 7) is 6.61. The normalized spacial score (nSPS) is 17.1. The molecule has 1 fully saturated rings. The van der Waals surface area contributed by atoms with Gasteiger partial charge in [-0.2, -0.15) is 0 Å². The van der Waals surface area contributed by atoms with E-state index in [-0.39, 0.29) is 0 Å². The molecule has 0 bridgehead atoms. The largest absolute Gasteiger partial charge is 0.354 e. The Morgan fingerprint density at radius 2 is 1.84 bits per heavy atom. The highest BCUT2D eigenvalue weighted by molar-refractivity contribution is 5.84. The zero-order chi connectivity index (χ0) is 13.2. The first kappa shape index (κ1) is 12.4. The predicted molar refractivity (Wildman–Crippen MR) is 80.8 cm³/mol. The molecule has 0 unspecified atom stereocenters. The van der Waals surface area contributed by atoms with Gasteiger partial charge in [-0.15, -0.1) is 0 Å². The van der Waals surface area contributed by atoms with Crippen LogP contribution in [0.15, 0.2) is 30.3 Å². The number of hydrogen-bond acceptors (Lipinski definition) is 3. The molecule has 0 N–H and O–H groups in total. The fraction of sp³-hybridized carbons (Fsp3) is 0.438. The van der Waals surface area contributed by atoms with E-state index in [0.717, 1.165) is 43.9 Å². The lowest BCUT2D eigenvalue weighted by atomic mass is 10.1. The van der Waals surface area contributed by atoms with Gasteiger partial charge in [0.25, 0.3) is 0 Å². The summed E-state index contributed by atoms with van der Waals surface area (Å²) in [5.41, 5.74) is 2.52. The van der Waals surface area contributed by atoms with Gasteiger partial charge in [-0.25, -0.2) is 4.98 Å². The molecule has 100 valence electrons. The number of nitrogens with zero attached hydrogens (tertiary/aromatic N) is 3. The molecule has 0 spiro atoms. The first-order valence-corrected chi connectivity index (χ1v) is 7.10. The molecule has 19 heavy (non-hydrogen) atoms. The first-order valence-electron chi connectivity index (χ1n) is 7.10. The van der Waals surface area contributed by atoms with Crippen molar-refractivity contribution in [3.8, 4) is 0 Å². The number of benzene rings is 1. The molecule has 1 aromatic carbocycles. The second-order valence-corrected chi connectivity index (χ2v) is 5.30. The number of para-hydroxylation sites is 1. The third-order valence-electron chi connectivity index (χ3n) is 4.00. The molecule has 3 heteroatoms. The smallest absolute Gasteiger partial charge is 0.129 e. The standard InChI is InChI=1S/C16H21N3/c1-3-13-12-16(19-10-8-18(2)9-11-19)17-15-7-5-4-6-14(13)15/h4-7,12H,3,8-11H2,1-2H3. The Morgan fingerprint density at radius 1 is 1.11 bits per heavy atom. The van der Waals surface area contributed by atoms with E-state index in [1.807, 2.05) is 0 Å². The van der Waals surface area contributed by atoms with Crippen molar-refractivity contribution in [3.05, 3.63) is 35.9 Å². The monoisotopic (exact) mass is 255 g/mol. The van der Waals surface area contributed by atoms with Crippen LogP contribution in [0, 0.1) is 0 Å². The molecular formula is C16H21N3. The van der Waals surface area contributed by atoms with Crippen LogP contribution in [-0.4, -0.2) is 43.1 Å². The summed E-state index contributed by atoms with van der Waals surface area (Å²) in [5.74, 6) is 1.14. The molecule has 0 atom stereocenters. The van der Waals surface area contributed by atoms with Gasteiger partial charge in [-0.1, -0.05) is 25.1 Å². The lowest BCUT2D eigenvalue weighted by Crippen LogP contribution is -2.44. The zero-order valence-electron chi connectivity index (χ0n) is 11.8. The van der Waals surface area contributed by atoms with Crippen molar-refractivity contribution in [2.75, 3.05) is 38.1 Å². The Balaban J connectivity index is 2.00. The first-order chi connectivity index (χ1) is 9.28. The maximum absolute atomic E-state index is 4.84. The van der Waals surface area contributed by atoms with E-state index in [9.17, 15) is 0 Å². The number of hydrogen-bond donors (Lipinski definition) is 0. The van der Waals surface area contributed by atoms with Crippen LogP contribution in [0.5, 0.6) is 0 Å². The minimum absolute atomic E-state index is 1.06. The molecule has 1 saturated heterocycles. The molecule has 3 rings (SSSR count). The molecule has 1 aromatic heterocycles. The fourth-order valence-electron chi connectivity index (χ4n) is 2.72. The van der Waals surface area contributed by atoms with Gasteiger partial charge in [0.2, 0.25) is 0 Å². The van der Waals surface area contributed by atoms with Crippen LogP contribution in [0.1, 0.15) is 12.5 Å². The van der Waals surface area contributed by atoms with Crippen LogP contribution in [0.25, 0.3) is 10.9 Å². The average molecular weight is 255 g/mol. The number of aryl methyl sites for hydroxylation is 1. The highest BCUT2D eigenvalue weighted by Gasteiger charge is 2.16. The van der Waals surface area contributed by atoms with Gasteiger partial charge in [0.15, 0.2) is 0 Å². The van der Waals surface area contributed by atoms with E-state index >= 15 is 0 Å². The van der Waals surface area contributed by atoms with Crippen molar-refractivity contribution in [1.82, 2.24) is 9.88 Å². The van der Waals surface area contributed by atoms with Crippen LogP contribution in [0.2, 0.25) is 0 Å². The van der Waals surface area contributed by atoms with E-state index < -0.39 is 0 Å². The second kappa shape index (κ2) is 5.17. The van der Waals surface area contributed by atoms with E-state index in [0.29, 0.717) is 0 Å². The molecule has 0 radical (unpaired) electrons. The molecule has 1 aliphatic rings. The number of fused-ring (bicyclic) bond motifs is 1. The van der Waals surface area contributed by atoms with Crippen LogP contribution in [0.4, 0.5) is 5.82 Å². The number of anilines is 1. The molecule has 1 aliphatic heterocycles. The van der Waals surface area contributed by atoms with Gasteiger partial charge in [0.05, 0.1) is 5.52 Å². The Kier molecular flexibility index (Phi) is 3.38. The van der Waals surface area contributed by atoms with Gasteiger partial charge >= 0.3 is 0 Å². The van der Waals surface area contributed by atoms with Crippen molar-refractivity contribution in [2.45, 2.75) is 13.3 Å². The quantitative estimate of drug-likeness (QED) is 0.822. The highest BCUT2D eigenvalue weighted by atomic mass is 15.3. The van der Waals surface area contributed by atoms with Crippen molar-refractivity contribution in [1.29, 1.82) is 0 Å². The Labute approximate surface area is 114 Å². The maximum atomic E-state index is 4.84. The van der Waals surface area contributed by atoms with Crippen LogP contribution in [0.3, 0.4) is 0 Å². The molecule has 2 heterocycles. The summed E-state index contributed by atoms with van der Waals surface area (Å²) >= 11 is 0. The van der Waals surface area contributed by atoms with E-state index in [4.69, 9.17) is 4.98 Å². The third-order valence-corrected chi connectivity index (χ3v) is 4.00. The molecule has 2 aromatic rings. The van der Waals surface area contributed by atoms with Crippen molar-refractivity contribution in [2.24, 2.45) is 0 Å². The van der Waals surface area contributed by atoms with Gasteiger partial charge in [0.1, 0.15) is 5.82 Å². The molecule has 0 aliphatic carbocycles. The topological polar surface area (TPSA) is 19.4 Å². The van der Waals surface area contributed by atoms with Gasteiger partial charge in [-0.3, -0.25) is 0 Å². The second-order valence-electron chi connectivity index (χ2n) is 5.30. The number of rotatable bonds is 2. The van der Waals surface area contributed by atoms with Gasteiger partial charge in [-0.05, 0) is 31.2 Å². The predicted octanol–water partition coefficient (Wildman–Crippen LogP) is 2.55. The van der Waals surface area contributed by atoms with Crippen LogP contribution < -0.4 is 4.90 Å². The lowest BCUT2D eigenvalue weighted by Gasteiger charge is -2.33. The summed E-state index contributed by atoms with van der Waals surface area (Å²) in [6.07, 6.45) is 1.06. The Bertz CT molecular complexity index is 571. The van der Waals surface area contributed by atoms with Crippen LogP contribution in [-0.2, 0) is 6.42 Å². The van der Waals surface area contributed by atoms with E-state index in [2.05, 4.69) is 54.1 Å². The minimum atomic E-state index is 1.06. The maximum Gasteiger partial charge on any atom is 0.129 e. The molecule has 0 saturated carbocycles. The van der Waals surface area contributed by atoms with Crippen molar-refractivity contribution < 1.29 is 0 Å². The lowest BCUT2D eigenvalue weighted by molar-refractivity contribution is 0.312. The summed E-state index contributed by atoms with van der Waals surface area (Å²) in [7, 11) is 2.18. The third kappa shape index (κ3) is 2.43. The summed E-state index contributed by atoms with van der Waals surface area (Å²) in [6, 6.07) is 10.7. The number of likely N-dealkylation sites (N-methyl/N-ethyl adjacent to an activating group) is 1. The fourth-order valence-corrected chi connectivity index (χ4v) is 2.72. The number of piperazine rings is 1. The minimum Gasteiger partial charge on any atom is -0.354 e. The van der Waals surface area contributed by atoms with Crippen molar-refractivity contribution in [3.63, 3.8) is 0 Å². The van der Waals surface area contributed by atoms with E-state index in [1.165, 1.54) is 10.9 Å². The zero-order valence-corrected chi connectivity index (χ0v) is 11.8. The summed E-state index contributed by atoms with van der Waals surface area (Å²) < 4.78 is 0. The number of aromatic nitrogens is 1. The average Bonchev–Trinajstić information content (AvgIpc) is 2.47. The number of pyridine rings is 1. The SMILES string of the molecule is CCc1cc(N2CCN(C)CC2)nc2ccccc12. The van der Waals surface area contributed by atoms with Gasteiger partial charge in [0, 0.05) is 31.6 Å². The van der Waals surface area contributed by atoms with Crippen molar-refractivity contribution >= 4 is 16.7 Å². The molecule has 0 amide bonds. The van der Waals surface area contributed by atoms with Gasteiger partial charge < -0.3 is 9.80 Å². The Hall–Kier alpha value is -1.61. The Morgan fingerprint density at radius 3 is 2.58 bits per heavy atom. The summed E-state index contributed by atoms with van der Waals surface area (Å²) in [5, 5.41) is 1.29. The summed E-state index contributed by atoms with van der Waals surface area (Å²) in [4.78, 5) is 9.62. The van der Waals surface area contributed by atoms with Crippen LogP contribution >= 0.6 is 0 Å². The highest BCUT2D eigenvalue weighted by Crippen LogP contribution is 2.24. The molecule has 3 nitrogen and oxygen atoms in total.